The van der Waals surface area contributed by atoms with Gasteiger partial charge in [-0.25, -0.2) is 0 Å². The first kappa shape index (κ1) is 12.9. The van der Waals surface area contributed by atoms with E-state index >= 15 is 0 Å². The molecule has 0 aliphatic carbocycles. The number of benzene rings is 1. The Hall–Kier alpha value is -1.18. The third kappa shape index (κ3) is 3.44. The second kappa shape index (κ2) is 6.41. The summed E-state index contributed by atoms with van der Waals surface area (Å²) < 4.78 is 0. The molecule has 0 radical (unpaired) electrons. The molecule has 2 N–H and O–H groups in total. The predicted molar refractivity (Wildman–Crippen MR) is 67.0 cm³/mol. The normalized spacial score (nSPS) is 10.6. The van der Waals surface area contributed by atoms with Crippen molar-refractivity contribution in [1.82, 2.24) is 0 Å². The first-order valence-corrected chi connectivity index (χ1v) is 6.22. The smallest absolute Gasteiger partial charge is 0.157 e. The van der Waals surface area contributed by atoms with Crippen molar-refractivity contribution in [2.24, 2.45) is 0 Å². The van der Waals surface area contributed by atoms with Gasteiger partial charge in [-0.15, -0.1) is 0 Å². The zero-order chi connectivity index (χ0) is 12.0. The molecule has 16 heavy (non-hydrogen) atoms. The average molecular weight is 222 g/mol. The Bertz CT molecular complexity index is 299. The van der Waals surface area contributed by atoms with Crippen molar-refractivity contribution in [2.45, 2.75) is 52.4 Å². The number of phenols is 2. The Balaban J connectivity index is 2.87. The SMILES string of the molecule is CCCCc1cc(O)c(O)cc1CCCC. The quantitative estimate of drug-likeness (QED) is 0.719. The predicted octanol–water partition coefficient (Wildman–Crippen LogP) is 3.78. The molecule has 1 rings (SSSR count). The third-order valence-electron chi connectivity index (χ3n) is 2.90. The van der Waals surface area contributed by atoms with Crippen LogP contribution >= 0.6 is 0 Å². The van der Waals surface area contributed by atoms with Crippen LogP contribution in [0.15, 0.2) is 12.1 Å². The largest absolute Gasteiger partial charge is 0.504 e. The summed E-state index contributed by atoms with van der Waals surface area (Å²) in [6, 6.07) is 3.44. The number of unbranched alkanes of at least 4 members (excludes halogenated alkanes) is 2. The summed E-state index contributed by atoms with van der Waals surface area (Å²) in [7, 11) is 0. The van der Waals surface area contributed by atoms with E-state index in [9.17, 15) is 10.2 Å². The Labute approximate surface area is 97.9 Å². The van der Waals surface area contributed by atoms with Gasteiger partial charge in [0.2, 0.25) is 0 Å². The molecular weight excluding hydrogens is 200 g/mol. The standard InChI is InChI=1S/C14H22O2/c1-3-5-7-11-9-13(15)14(16)10-12(11)8-6-4-2/h9-10,15-16H,3-8H2,1-2H3. The highest BCUT2D eigenvalue weighted by Gasteiger charge is 2.07. The summed E-state index contributed by atoms with van der Waals surface area (Å²) in [5, 5.41) is 19.0. The van der Waals surface area contributed by atoms with Crippen LogP contribution in [0.5, 0.6) is 11.5 Å². The van der Waals surface area contributed by atoms with Crippen molar-refractivity contribution < 1.29 is 10.2 Å². The van der Waals surface area contributed by atoms with Gasteiger partial charge in [-0.1, -0.05) is 26.7 Å². The molecule has 0 aliphatic rings. The molecule has 0 aliphatic heterocycles. The van der Waals surface area contributed by atoms with Gasteiger partial charge < -0.3 is 10.2 Å². The van der Waals surface area contributed by atoms with Crippen molar-refractivity contribution >= 4 is 0 Å². The molecule has 0 aromatic heterocycles. The van der Waals surface area contributed by atoms with Gasteiger partial charge in [0.25, 0.3) is 0 Å². The van der Waals surface area contributed by atoms with Crippen LogP contribution in [0.4, 0.5) is 0 Å². The molecule has 0 atom stereocenters. The number of phenolic OH excluding ortho intramolecular Hbond substituents is 2. The molecule has 1 aromatic carbocycles. The van der Waals surface area contributed by atoms with E-state index in [2.05, 4.69) is 13.8 Å². The van der Waals surface area contributed by atoms with Crippen molar-refractivity contribution in [3.8, 4) is 11.5 Å². The van der Waals surface area contributed by atoms with Gasteiger partial charge in [-0.3, -0.25) is 0 Å². The molecule has 0 heterocycles. The molecule has 0 spiro atoms. The number of hydrogen-bond donors (Lipinski definition) is 2. The minimum atomic E-state index is 0.00588. The van der Waals surface area contributed by atoms with E-state index in [1.165, 1.54) is 11.1 Å². The summed E-state index contributed by atoms with van der Waals surface area (Å²) in [4.78, 5) is 0. The van der Waals surface area contributed by atoms with Gasteiger partial charge in [0, 0.05) is 0 Å². The van der Waals surface area contributed by atoms with Crippen molar-refractivity contribution in [3.63, 3.8) is 0 Å². The lowest BCUT2D eigenvalue weighted by Gasteiger charge is -2.10. The van der Waals surface area contributed by atoms with Crippen LogP contribution in [0.25, 0.3) is 0 Å². The molecule has 0 unspecified atom stereocenters. The van der Waals surface area contributed by atoms with Crippen LogP contribution in [0.2, 0.25) is 0 Å². The maximum Gasteiger partial charge on any atom is 0.157 e. The van der Waals surface area contributed by atoms with E-state index < -0.39 is 0 Å². The third-order valence-corrected chi connectivity index (χ3v) is 2.90. The molecule has 0 bridgehead atoms. The monoisotopic (exact) mass is 222 g/mol. The Kier molecular flexibility index (Phi) is 5.17. The molecule has 2 nitrogen and oxygen atoms in total. The molecule has 0 saturated carbocycles. The number of aromatic hydroxyl groups is 2. The maximum atomic E-state index is 9.50. The topological polar surface area (TPSA) is 40.5 Å². The zero-order valence-corrected chi connectivity index (χ0v) is 10.3. The lowest BCUT2D eigenvalue weighted by atomic mass is 9.97. The van der Waals surface area contributed by atoms with Gasteiger partial charge in [-0.2, -0.15) is 0 Å². The fourth-order valence-electron chi connectivity index (χ4n) is 1.86. The van der Waals surface area contributed by atoms with E-state index in [-0.39, 0.29) is 11.5 Å². The lowest BCUT2D eigenvalue weighted by Crippen LogP contribution is -1.95. The molecule has 0 saturated heterocycles. The van der Waals surface area contributed by atoms with E-state index in [0.29, 0.717) is 0 Å². The van der Waals surface area contributed by atoms with Gasteiger partial charge in [0.05, 0.1) is 0 Å². The highest BCUT2D eigenvalue weighted by molar-refractivity contribution is 5.45. The van der Waals surface area contributed by atoms with E-state index in [1.54, 1.807) is 12.1 Å². The summed E-state index contributed by atoms with van der Waals surface area (Å²) in [6.45, 7) is 4.32. The van der Waals surface area contributed by atoms with E-state index in [0.717, 1.165) is 38.5 Å². The number of rotatable bonds is 6. The van der Waals surface area contributed by atoms with Crippen LogP contribution in [0.3, 0.4) is 0 Å². The second-order valence-corrected chi connectivity index (χ2v) is 4.32. The zero-order valence-electron chi connectivity index (χ0n) is 10.3. The van der Waals surface area contributed by atoms with E-state index in [1.807, 2.05) is 0 Å². The Morgan fingerprint density at radius 3 is 1.50 bits per heavy atom. The maximum absolute atomic E-state index is 9.50. The Morgan fingerprint density at radius 1 is 0.812 bits per heavy atom. The van der Waals surface area contributed by atoms with Gasteiger partial charge in [-0.05, 0) is 48.9 Å². The first-order valence-electron chi connectivity index (χ1n) is 6.22. The van der Waals surface area contributed by atoms with Crippen LogP contribution in [0.1, 0.15) is 50.7 Å². The molecule has 1 aromatic rings. The molecular formula is C14H22O2. The summed E-state index contributed by atoms with van der Waals surface area (Å²) in [5.74, 6) is 0.0118. The highest BCUT2D eigenvalue weighted by atomic mass is 16.3. The fraction of sp³-hybridized carbons (Fsp3) is 0.571. The molecule has 90 valence electrons. The van der Waals surface area contributed by atoms with Crippen LogP contribution in [-0.4, -0.2) is 10.2 Å². The minimum Gasteiger partial charge on any atom is -0.504 e. The van der Waals surface area contributed by atoms with Crippen LogP contribution in [-0.2, 0) is 12.8 Å². The van der Waals surface area contributed by atoms with Gasteiger partial charge in [0.1, 0.15) is 0 Å². The molecule has 0 fully saturated rings. The average Bonchev–Trinajstić information content (AvgIpc) is 2.28. The lowest BCUT2D eigenvalue weighted by molar-refractivity contribution is 0.402. The second-order valence-electron chi connectivity index (χ2n) is 4.32. The minimum absolute atomic E-state index is 0.00588. The van der Waals surface area contributed by atoms with Crippen molar-refractivity contribution in [2.75, 3.05) is 0 Å². The molecule has 0 amide bonds. The highest BCUT2D eigenvalue weighted by Crippen LogP contribution is 2.30. The van der Waals surface area contributed by atoms with Crippen molar-refractivity contribution in [3.05, 3.63) is 23.3 Å². The van der Waals surface area contributed by atoms with E-state index in [4.69, 9.17) is 0 Å². The first-order chi connectivity index (χ1) is 7.69. The van der Waals surface area contributed by atoms with Crippen LogP contribution < -0.4 is 0 Å². The van der Waals surface area contributed by atoms with Gasteiger partial charge >= 0.3 is 0 Å². The number of aryl methyl sites for hydroxylation is 2. The molecule has 2 heteroatoms. The summed E-state index contributed by atoms with van der Waals surface area (Å²) >= 11 is 0. The number of hydrogen-bond acceptors (Lipinski definition) is 2. The summed E-state index contributed by atoms with van der Waals surface area (Å²) in [5.41, 5.74) is 2.37. The fourth-order valence-corrected chi connectivity index (χ4v) is 1.86. The Morgan fingerprint density at radius 2 is 1.19 bits per heavy atom. The van der Waals surface area contributed by atoms with Crippen LogP contribution in [0, 0.1) is 0 Å². The summed E-state index contributed by atoms with van der Waals surface area (Å²) in [6.07, 6.45) is 6.53. The van der Waals surface area contributed by atoms with Crippen molar-refractivity contribution in [1.29, 1.82) is 0 Å². The van der Waals surface area contributed by atoms with Gasteiger partial charge in [0.15, 0.2) is 11.5 Å².